The second kappa shape index (κ2) is 11.2. The van der Waals surface area contributed by atoms with Gasteiger partial charge in [-0.1, -0.05) is 48.5 Å². The highest BCUT2D eigenvalue weighted by Crippen LogP contribution is 2.16. The molecule has 2 amide bonds. The molecule has 6 nitrogen and oxygen atoms in total. The molecule has 0 spiro atoms. The normalized spacial score (nSPS) is 14.2. The third kappa shape index (κ3) is 6.91. The first kappa shape index (κ1) is 20.9. The summed E-state index contributed by atoms with van der Waals surface area (Å²) in [5.74, 6) is 0.470. The maximum atomic E-state index is 12.7. The van der Waals surface area contributed by atoms with E-state index in [2.05, 4.69) is 10.6 Å². The van der Waals surface area contributed by atoms with E-state index < -0.39 is 6.09 Å². The lowest BCUT2D eigenvalue weighted by molar-refractivity contribution is -0.119. The molecule has 1 heterocycles. The summed E-state index contributed by atoms with van der Waals surface area (Å²) in [6.45, 7) is 2.83. The predicted molar refractivity (Wildman–Crippen MR) is 114 cm³/mol. The number of hydrogen-bond donors (Lipinski definition) is 2. The number of carbonyl (C=O) groups is 2. The lowest BCUT2D eigenvalue weighted by Crippen LogP contribution is -2.41. The van der Waals surface area contributed by atoms with Gasteiger partial charge in [-0.15, -0.1) is 0 Å². The standard InChI is InChI=1S/C23H29N3O3/c27-22(25-16-13-19-11-14-24-15-12-19)17-26(21-9-5-2-6-10-21)23(28)29-18-20-7-3-1-4-8-20/h1-10,19,24H,11-18H2,(H,25,27). The summed E-state index contributed by atoms with van der Waals surface area (Å²) in [5, 5.41) is 6.30. The monoisotopic (exact) mass is 395 g/mol. The van der Waals surface area contributed by atoms with E-state index in [9.17, 15) is 9.59 Å². The van der Waals surface area contributed by atoms with Gasteiger partial charge in [0.25, 0.3) is 0 Å². The summed E-state index contributed by atoms with van der Waals surface area (Å²) in [6, 6.07) is 18.6. The van der Waals surface area contributed by atoms with E-state index in [1.807, 2.05) is 48.5 Å². The molecule has 0 bridgehead atoms. The van der Waals surface area contributed by atoms with Gasteiger partial charge in [0, 0.05) is 12.2 Å². The van der Waals surface area contributed by atoms with Crippen molar-refractivity contribution in [3.05, 3.63) is 66.2 Å². The number of benzene rings is 2. The molecule has 6 heteroatoms. The zero-order valence-electron chi connectivity index (χ0n) is 16.7. The molecule has 0 aliphatic carbocycles. The van der Waals surface area contributed by atoms with Crippen molar-refractivity contribution < 1.29 is 14.3 Å². The molecule has 1 aliphatic heterocycles. The average Bonchev–Trinajstić information content (AvgIpc) is 2.78. The molecule has 2 aromatic carbocycles. The van der Waals surface area contributed by atoms with Gasteiger partial charge in [-0.3, -0.25) is 9.69 Å². The number of ether oxygens (including phenoxy) is 1. The zero-order chi connectivity index (χ0) is 20.3. The maximum absolute atomic E-state index is 12.7. The Kier molecular flexibility index (Phi) is 8.07. The van der Waals surface area contributed by atoms with Gasteiger partial charge in [0.1, 0.15) is 13.2 Å². The van der Waals surface area contributed by atoms with Crippen LogP contribution in [0.4, 0.5) is 10.5 Å². The summed E-state index contributed by atoms with van der Waals surface area (Å²) in [4.78, 5) is 26.5. The number of rotatable bonds is 8. The highest BCUT2D eigenvalue weighted by molar-refractivity contribution is 5.94. The molecule has 1 saturated heterocycles. The van der Waals surface area contributed by atoms with Crippen LogP contribution in [0.1, 0.15) is 24.8 Å². The van der Waals surface area contributed by atoms with Crippen molar-refractivity contribution in [3.8, 4) is 0 Å². The summed E-state index contributed by atoms with van der Waals surface area (Å²) in [7, 11) is 0. The van der Waals surface area contributed by atoms with Crippen molar-refractivity contribution >= 4 is 17.7 Å². The van der Waals surface area contributed by atoms with Crippen molar-refractivity contribution in [2.24, 2.45) is 5.92 Å². The number of para-hydroxylation sites is 1. The Bertz CT molecular complexity index is 761. The molecular weight excluding hydrogens is 366 g/mol. The van der Waals surface area contributed by atoms with Crippen LogP contribution in [0, 0.1) is 5.92 Å². The largest absolute Gasteiger partial charge is 0.444 e. The second-order valence-electron chi connectivity index (χ2n) is 7.29. The molecule has 2 N–H and O–H groups in total. The zero-order valence-corrected chi connectivity index (χ0v) is 16.7. The minimum absolute atomic E-state index is 0.0656. The lowest BCUT2D eigenvalue weighted by atomic mass is 9.95. The number of amides is 2. The molecule has 1 fully saturated rings. The Balaban J connectivity index is 1.53. The molecule has 154 valence electrons. The van der Waals surface area contributed by atoms with Crippen LogP contribution in [-0.4, -0.2) is 38.2 Å². The number of carbonyl (C=O) groups excluding carboxylic acids is 2. The third-order valence-electron chi connectivity index (χ3n) is 5.13. The molecule has 0 atom stereocenters. The van der Waals surface area contributed by atoms with E-state index in [4.69, 9.17) is 4.74 Å². The van der Waals surface area contributed by atoms with Gasteiger partial charge in [-0.2, -0.15) is 0 Å². The average molecular weight is 396 g/mol. The Morgan fingerprint density at radius 1 is 1.00 bits per heavy atom. The fourth-order valence-electron chi connectivity index (χ4n) is 3.45. The Morgan fingerprint density at radius 3 is 2.34 bits per heavy atom. The highest BCUT2D eigenvalue weighted by atomic mass is 16.6. The second-order valence-corrected chi connectivity index (χ2v) is 7.29. The van der Waals surface area contributed by atoms with Crippen LogP contribution in [0.15, 0.2) is 60.7 Å². The fraction of sp³-hybridized carbons (Fsp3) is 0.391. The summed E-state index contributed by atoms with van der Waals surface area (Å²) >= 11 is 0. The van der Waals surface area contributed by atoms with Crippen LogP contribution >= 0.6 is 0 Å². The molecule has 0 aromatic heterocycles. The van der Waals surface area contributed by atoms with Crippen LogP contribution < -0.4 is 15.5 Å². The minimum Gasteiger partial charge on any atom is -0.444 e. The fourth-order valence-corrected chi connectivity index (χ4v) is 3.45. The van der Waals surface area contributed by atoms with Gasteiger partial charge >= 0.3 is 6.09 Å². The number of nitrogens with zero attached hydrogens (tertiary/aromatic N) is 1. The van der Waals surface area contributed by atoms with Crippen LogP contribution in [0.5, 0.6) is 0 Å². The molecule has 1 aliphatic rings. The molecule has 0 saturated carbocycles. The number of anilines is 1. The van der Waals surface area contributed by atoms with Gasteiger partial charge in [0.15, 0.2) is 0 Å². The first-order valence-electron chi connectivity index (χ1n) is 10.2. The van der Waals surface area contributed by atoms with Crippen LogP contribution in [-0.2, 0) is 16.1 Å². The van der Waals surface area contributed by atoms with Gasteiger partial charge in [-0.25, -0.2) is 4.79 Å². The number of hydrogen-bond acceptors (Lipinski definition) is 4. The summed E-state index contributed by atoms with van der Waals surface area (Å²) < 4.78 is 5.45. The Morgan fingerprint density at radius 2 is 1.66 bits per heavy atom. The SMILES string of the molecule is O=C(CN(C(=O)OCc1ccccc1)c1ccccc1)NCCC1CCNCC1. The van der Waals surface area contributed by atoms with Crippen molar-refractivity contribution in [3.63, 3.8) is 0 Å². The maximum Gasteiger partial charge on any atom is 0.415 e. The highest BCUT2D eigenvalue weighted by Gasteiger charge is 2.21. The van der Waals surface area contributed by atoms with Gasteiger partial charge in [0.2, 0.25) is 5.91 Å². The van der Waals surface area contributed by atoms with E-state index in [1.54, 1.807) is 12.1 Å². The molecule has 29 heavy (non-hydrogen) atoms. The summed E-state index contributed by atoms with van der Waals surface area (Å²) in [6.07, 6.45) is 2.74. The molecule has 2 aromatic rings. The first-order valence-corrected chi connectivity index (χ1v) is 10.2. The number of nitrogens with one attached hydrogen (secondary N) is 2. The van der Waals surface area contributed by atoms with Crippen molar-refractivity contribution in [1.29, 1.82) is 0 Å². The molecule has 0 radical (unpaired) electrons. The van der Waals surface area contributed by atoms with E-state index in [-0.39, 0.29) is 19.1 Å². The van der Waals surface area contributed by atoms with Gasteiger partial charge < -0.3 is 15.4 Å². The third-order valence-corrected chi connectivity index (χ3v) is 5.13. The van der Waals surface area contributed by atoms with Crippen molar-refractivity contribution in [2.45, 2.75) is 25.9 Å². The molecule has 0 unspecified atom stereocenters. The van der Waals surface area contributed by atoms with Crippen LogP contribution in [0.3, 0.4) is 0 Å². The molecule has 3 rings (SSSR count). The predicted octanol–water partition coefficient (Wildman–Crippen LogP) is 3.34. The Hall–Kier alpha value is -2.86. The van der Waals surface area contributed by atoms with Gasteiger partial charge in [-0.05, 0) is 56.0 Å². The summed E-state index contributed by atoms with van der Waals surface area (Å²) in [5.41, 5.74) is 1.54. The number of piperidine rings is 1. The topological polar surface area (TPSA) is 70.7 Å². The lowest BCUT2D eigenvalue weighted by Gasteiger charge is -2.24. The molecular formula is C23H29N3O3. The quantitative estimate of drug-likeness (QED) is 0.719. The van der Waals surface area contributed by atoms with Crippen molar-refractivity contribution in [1.82, 2.24) is 10.6 Å². The van der Waals surface area contributed by atoms with Gasteiger partial charge in [0.05, 0.1) is 0 Å². The van der Waals surface area contributed by atoms with Crippen LogP contribution in [0.2, 0.25) is 0 Å². The van der Waals surface area contributed by atoms with E-state index in [0.29, 0.717) is 18.2 Å². The van der Waals surface area contributed by atoms with Crippen LogP contribution in [0.25, 0.3) is 0 Å². The smallest absolute Gasteiger partial charge is 0.415 e. The van der Waals surface area contributed by atoms with E-state index in [1.165, 1.54) is 4.90 Å². The first-order chi connectivity index (χ1) is 14.2. The van der Waals surface area contributed by atoms with Crippen molar-refractivity contribution in [2.75, 3.05) is 31.1 Å². The minimum atomic E-state index is -0.534. The Labute approximate surface area is 172 Å². The van der Waals surface area contributed by atoms with E-state index in [0.717, 1.165) is 37.9 Å². The van der Waals surface area contributed by atoms with E-state index >= 15 is 0 Å².